The van der Waals surface area contributed by atoms with Gasteiger partial charge in [-0.15, -0.1) is 0 Å². The molecule has 1 aromatic heterocycles. The van der Waals surface area contributed by atoms with E-state index in [1.54, 1.807) is 30.3 Å². The molecule has 2 heterocycles. The number of non-ortho nitro benzene ring substituents is 1. The van der Waals surface area contributed by atoms with Crippen LogP contribution in [0.25, 0.3) is 0 Å². The van der Waals surface area contributed by atoms with Crippen LogP contribution in [0, 0.1) is 10.1 Å². The molecule has 1 unspecified atom stereocenters. The summed E-state index contributed by atoms with van der Waals surface area (Å²) >= 11 is 0. The minimum atomic E-state index is -0.625. The number of ether oxygens (including phenoxy) is 1. The zero-order chi connectivity index (χ0) is 21.8. The first-order valence-corrected chi connectivity index (χ1v) is 9.34. The van der Waals surface area contributed by atoms with Gasteiger partial charge in [-0.2, -0.15) is 5.10 Å². The van der Waals surface area contributed by atoms with Gasteiger partial charge in [-0.25, -0.2) is 10.2 Å². The first-order valence-electron chi connectivity index (χ1n) is 9.34. The van der Waals surface area contributed by atoms with Crippen LogP contribution in [0.1, 0.15) is 44.4 Å². The third-order valence-corrected chi connectivity index (χ3v) is 4.78. The zero-order valence-electron chi connectivity index (χ0n) is 16.1. The molecule has 1 N–H and O–H groups in total. The number of nitro benzene ring substituents is 1. The van der Waals surface area contributed by atoms with E-state index in [4.69, 9.17) is 4.74 Å². The highest BCUT2D eigenvalue weighted by atomic mass is 16.6. The molecule has 0 aliphatic carbocycles. The highest BCUT2D eigenvalue weighted by Crippen LogP contribution is 2.34. The van der Waals surface area contributed by atoms with Crippen molar-refractivity contribution in [3.63, 3.8) is 0 Å². The zero-order valence-corrected chi connectivity index (χ0v) is 16.1. The second-order valence-electron chi connectivity index (χ2n) is 6.73. The number of pyridine rings is 1. The SMILES string of the molecule is O=C(N/N=C(/CC1OC(=O)c2ccccc21)c1cccc([N+](=O)[O-])c1)c1ccncc1. The average Bonchev–Trinajstić information content (AvgIpc) is 3.12. The molecule has 0 radical (unpaired) electrons. The van der Waals surface area contributed by atoms with Crippen LogP contribution in [0.5, 0.6) is 0 Å². The number of benzene rings is 2. The van der Waals surface area contributed by atoms with Gasteiger partial charge in [0.05, 0.1) is 16.2 Å². The molecule has 9 heteroatoms. The molecule has 154 valence electrons. The van der Waals surface area contributed by atoms with E-state index in [1.807, 2.05) is 0 Å². The van der Waals surface area contributed by atoms with Gasteiger partial charge in [-0.3, -0.25) is 19.9 Å². The summed E-state index contributed by atoms with van der Waals surface area (Å²) in [5.41, 5.74) is 4.64. The fraction of sp³-hybridized carbons (Fsp3) is 0.0909. The lowest BCUT2D eigenvalue weighted by atomic mass is 9.98. The van der Waals surface area contributed by atoms with Gasteiger partial charge in [0.1, 0.15) is 6.10 Å². The molecule has 1 atom stereocenters. The quantitative estimate of drug-likeness (QED) is 0.284. The second-order valence-corrected chi connectivity index (χ2v) is 6.73. The van der Waals surface area contributed by atoms with Gasteiger partial charge in [0.2, 0.25) is 0 Å². The minimum absolute atomic E-state index is 0.116. The highest BCUT2D eigenvalue weighted by Gasteiger charge is 2.32. The van der Waals surface area contributed by atoms with Crippen LogP contribution in [-0.4, -0.2) is 27.5 Å². The maximum absolute atomic E-state index is 12.4. The topological polar surface area (TPSA) is 124 Å². The molecular formula is C22H16N4O5. The summed E-state index contributed by atoms with van der Waals surface area (Å²) in [6.45, 7) is 0. The number of nitrogens with one attached hydrogen (secondary N) is 1. The van der Waals surface area contributed by atoms with Crippen LogP contribution in [0.3, 0.4) is 0 Å². The normalized spacial score (nSPS) is 15.2. The van der Waals surface area contributed by atoms with Crippen LogP contribution in [0.4, 0.5) is 5.69 Å². The Labute approximate surface area is 176 Å². The summed E-state index contributed by atoms with van der Waals surface area (Å²) in [6, 6.07) is 16.0. The molecule has 9 nitrogen and oxygen atoms in total. The Bertz CT molecular complexity index is 1190. The van der Waals surface area contributed by atoms with Crippen molar-refractivity contribution in [3.05, 3.63) is 105 Å². The van der Waals surface area contributed by atoms with Gasteiger partial charge < -0.3 is 4.74 Å². The number of esters is 1. The molecular weight excluding hydrogens is 400 g/mol. The second kappa shape index (κ2) is 8.54. The number of fused-ring (bicyclic) bond motifs is 1. The summed E-state index contributed by atoms with van der Waals surface area (Å²) < 4.78 is 5.48. The fourth-order valence-electron chi connectivity index (χ4n) is 3.26. The summed E-state index contributed by atoms with van der Waals surface area (Å²) in [7, 11) is 0. The number of nitrogens with zero attached hydrogens (tertiary/aromatic N) is 3. The first-order chi connectivity index (χ1) is 15.0. The Morgan fingerprint density at radius 2 is 1.87 bits per heavy atom. The number of hydrogen-bond acceptors (Lipinski definition) is 7. The van der Waals surface area contributed by atoms with E-state index in [1.165, 1.54) is 42.7 Å². The Morgan fingerprint density at radius 3 is 2.65 bits per heavy atom. The molecule has 0 fully saturated rings. The summed E-state index contributed by atoms with van der Waals surface area (Å²) in [6.07, 6.45) is 2.46. The van der Waals surface area contributed by atoms with E-state index in [2.05, 4.69) is 15.5 Å². The predicted octanol–water partition coefficient (Wildman–Crippen LogP) is 3.43. The van der Waals surface area contributed by atoms with Gasteiger partial charge in [0.15, 0.2) is 0 Å². The van der Waals surface area contributed by atoms with Crippen molar-refractivity contribution >= 4 is 23.3 Å². The molecule has 0 bridgehead atoms. The molecule has 1 aliphatic rings. The number of carbonyl (C=O) groups is 2. The number of nitro groups is 1. The third-order valence-electron chi connectivity index (χ3n) is 4.78. The van der Waals surface area contributed by atoms with Crippen LogP contribution in [0.15, 0.2) is 78.2 Å². The molecule has 0 saturated carbocycles. The maximum Gasteiger partial charge on any atom is 0.339 e. The summed E-state index contributed by atoms with van der Waals surface area (Å²) in [4.78, 5) is 39.1. The van der Waals surface area contributed by atoms with Crippen LogP contribution < -0.4 is 5.43 Å². The van der Waals surface area contributed by atoms with Gasteiger partial charge in [0, 0.05) is 47.6 Å². The summed E-state index contributed by atoms with van der Waals surface area (Å²) in [5, 5.41) is 15.4. The van der Waals surface area contributed by atoms with Crippen molar-refractivity contribution in [2.24, 2.45) is 5.10 Å². The van der Waals surface area contributed by atoms with Crippen molar-refractivity contribution in [3.8, 4) is 0 Å². The number of carbonyl (C=O) groups excluding carboxylic acids is 2. The third kappa shape index (κ3) is 4.30. The Morgan fingerprint density at radius 1 is 1.10 bits per heavy atom. The Hall–Kier alpha value is -4.40. The lowest BCUT2D eigenvalue weighted by molar-refractivity contribution is -0.384. The number of hydrazone groups is 1. The number of aromatic nitrogens is 1. The Kier molecular flexibility index (Phi) is 5.48. The maximum atomic E-state index is 12.4. The molecule has 0 saturated heterocycles. The van der Waals surface area contributed by atoms with E-state index >= 15 is 0 Å². The number of cyclic esters (lactones) is 1. The number of hydrogen-bond donors (Lipinski definition) is 1. The molecule has 4 rings (SSSR count). The number of amides is 1. The first kappa shape index (κ1) is 19.9. The van der Waals surface area contributed by atoms with Crippen molar-refractivity contribution in [1.82, 2.24) is 10.4 Å². The molecule has 3 aromatic rings. The van der Waals surface area contributed by atoms with E-state index in [-0.39, 0.29) is 12.1 Å². The highest BCUT2D eigenvalue weighted by molar-refractivity contribution is 6.04. The van der Waals surface area contributed by atoms with Crippen molar-refractivity contribution < 1.29 is 19.2 Å². The summed E-state index contributed by atoms with van der Waals surface area (Å²) in [5.74, 6) is -0.908. The molecule has 1 aliphatic heterocycles. The number of rotatable bonds is 6. The van der Waals surface area contributed by atoms with Gasteiger partial charge >= 0.3 is 5.97 Å². The molecule has 1 amide bonds. The van der Waals surface area contributed by atoms with Crippen LogP contribution in [-0.2, 0) is 4.74 Å². The van der Waals surface area contributed by atoms with E-state index in [0.717, 1.165) is 0 Å². The van der Waals surface area contributed by atoms with Crippen molar-refractivity contribution in [1.29, 1.82) is 0 Å². The minimum Gasteiger partial charge on any atom is -0.453 e. The van der Waals surface area contributed by atoms with Crippen molar-refractivity contribution in [2.45, 2.75) is 12.5 Å². The van der Waals surface area contributed by atoms with Gasteiger partial charge in [-0.1, -0.05) is 30.3 Å². The molecule has 0 spiro atoms. The van der Waals surface area contributed by atoms with Crippen molar-refractivity contribution in [2.75, 3.05) is 0 Å². The lowest BCUT2D eigenvalue weighted by Crippen LogP contribution is -2.21. The standard InChI is InChI=1S/C22H16N4O5/c27-21(14-8-10-23-11-9-14)25-24-19(15-4-3-5-16(12-15)26(29)30)13-20-17-6-1-2-7-18(17)22(28)31-20/h1-12,20H,13H2,(H,25,27)/b24-19-. The molecule has 31 heavy (non-hydrogen) atoms. The smallest absolute Gasteiger partial charge is 0.339 e. The predicted molar refractivity (Wildman–Crippen MR) is 111 cm³/mol. The largest absolute Gasteiger partial charge is 0.453 e. The van der Waals surface area contributed by atoms with E-state index in [9.17, 15) is 19.7 Å². The van der Waals surface area contributed by atoms with Gasteiger partial charge in [-0.05, 0) is 18.2 Å². The Balaban J connectivity index is 1.66. The monoisotopic (exact) mass is 416 g/mol. The van der Waals surface area contributed by atoms with E-state index in [0.29, 0.717) is 28.0 Å². The molecule has 2 aromatic carbocycles. The fourth-order valence-corrected chi connectivity index (χ4v) is 3.26. The van der Waals surface area contributed by atoms with Gasteiger partial charge in [0.25, 0.3) is 11.6 Å². The van der Waals surface area contributed by atoms with Crippen LogP contribution in [0.2, 0.25) is 0 Å². The van der Waals surface area contributed by atoms with E-state index < -0.39 is 22.9 Å². The van der Waals surface area contributed by atoms with Crippen LogP contribution >= 0.6 is 0 Å². The lowest BCUT2D eigenvalue weighted by Gasteiger charge is -2.13. The average molecular weight is 416 g/mol.